The molecule has 2 heterocycles. The lowest BCUT2D eigenvalue weighted by atomic mass is 10.00. The van der Waals surface area contributed by atoms with Gasteiger partial charge in [-0.15, -0.1) is 0 Å². The maximum Gasteiger partial charge on any atom is 0.326 e. The van der Waals surface area contributed by atoms with Gasteiger partial charge < -0.3 is 15.4 Å². The molecule has 2 aromatic rings. The molecular weight excluding hydrogens is 312 g/mol. The van der Waals surface area contributed by atoms with E-state index in [0.717, 1.165) is 40.8 Å². The lowest BCUT2D eigenvalue weighted by Gasteiger charge is -2.23. The van der Waals surface area contributed by atoms with Crippen LogP contribution in [0.5, 0.6) is 0 Å². The molecule has 23 heavy (non-hydrogen) atoms. The van der Waals surface area contributed by atoms with E-state index in [0.29, 0.717) is 0 Å². The van der Waals surface area contributed by atoms with Crippen LogP contribution in [0.25, 0.3) is 10.9 Å². The van der Waals surface area contributed by atoms with E-state index in [9.17, 15) is 14.7 Å². The van der Waals surface area contributed by atoms with Gasteiger partial charge in [-0.25, -0.2) is 4.79 Å². The Bertz CT molecular complexity index is 707. The van der Waals surface area contributed by atoms with Gasteiger partial charge in [0.15, 0.2) is 0 Å². The van der Waals surface area contributed by atoms with Gasteiger partial charge in [0.05, 0.1) is 0 Å². The van der Waals surface area contributed by atoms with Gasteiger partial charge in [0.1, 0.15) is 6.04 Å². The van der Waals surface area contributed by atoms with Crippen molar-refractivity contribution in [1.82, 2.24) is 10.3 Å². The van der Waals surface area contributed by atoms with Crippen LogP contribution in [0.2, 0.25) is 0 Å². The molecule has 0 bridgehead atoms. The van der Waals surface area contributed by atoms with E-state index in [1.54, 1.807) is 0 Å². The number of carboxylic acids is 1. The zero-order chi connectivity index (χ0) is 16.2. The summed E-state index contributed by atoms with van der Waals surface area (Å²) in [6.07, 6.45) is 3.77. The van der Waals surface area contributed by atoms with E-state index in [-0.39, 0.29) is 18.2 Å². The van der Waals surface area contributed by atoms with Crippen molar-refractivity contribution in [3.63, 3.8) is 0 Å². The van der Waals surface area contributed by atoms with Crippen LogP contribution in [0, 0.1) is 5.92 Å². The Morgan fingerprint density at radius 2 is 2.04 bits per heavy atom. The zero-order valence-electron chi connectivity index (χ0n) is 12.7. The van der Waals surface area contributed by atoms with Crippen molar-refractivity contribution in [2.75, 3.05) is 11.5 Å². The summed E-state index contributed by atoms with van der Waals surface area (Å²) in [7, 11) is 0. The molecule has 1 amide bonds. The number of aromatic nitrogens is 1. The van der Waals surface area contributed by atoms with Crippen molar-refractivity contribution in [2.24, 2.45) is 5.92 Å². The molecule has 1 aliphatic rings. The summed E-state index contributed by atoms with van der Waals surface area (Å²) in [5, 5.41) is 13.2. The van der Waals surface area contributed by atoms with Gasteiger partial charge in [0.25, 0.3) is 0 Å². The number of carboxylic acid groups (broad SMARTS) is 1. The highest BCUT2D eigenvalue weighted by atomic mass is 32.2. The van der Waals surface area contributed by atoms with Crippen molar-refractivity contribution in [3.05, 3.63) is 36.0 Å². The lowest BCUT2D eigenvalue weighted by Crippen LogP contribution is -2.45. The minimum absolute atomic E-state index is 0.0546. The number of nitrogens with one attached hydrogen (secondary N) is 2. The predicted octanol–water partition coefficient (Wildman–Crippen LogP) is 2.42. The van der Waals surface area contributed by atoms with Crippen LogP contribution in [0.4, 0.5) is 0 Å². The monoisotopic (exact) mass is 332 g/mol. The molecule has 1 fully saturated rings. The number of aromatic amines is 1. The number of amides is 1. The normalized spacial score (nSPS) is 17.0. The molecule has 1 aliphatic heterocycles. The largest absolute Gasteiger partial charge is 0.480 e. The molecule has 1 atom stereocenters. The molecule has 1 unspecified atom stereocenters. The van der Waals surface area contributed by atoms with E-state index in [4.69, 9.17) is 0 Å². The van der Waals surface area contributed by atoms with Gasteiger partial charge in [0, 0.05) is 29.4 Å². The fourth-order valence-electron chi connectivity index (χ4n) is 2.97. The Balaban J connectivity index is 1.71. The van der Waals surface area contributed by atoms with Gasteiger partial charge in [-0.3, -0.25) is 4.79 Å². The molecule has 1 aromatic heterocycles. The highest BCUT2D eigenvalue weighted by Gasteiger charge is 2.27. The third-order valence-electron chi connectivity index (χ3n) is 4.31. The quantitative estimate of drug-likeness (QED) is 0.785. The highest BCUT2D eigenvalue weighted by Crippen LogP contribution is 2.23. The third-order valence-corrected chi connectivity index (χ3v) is 5.35. The van der Waals surface area contributed by atoms with Crippen molar-refractivity contribution in [1.29, 1.82) is 0 Å². The Hall–Kier alpha value is -1.95. The first-order valence-corrected chi connectivity index (χ1v) is 8.96. The van der Waals surface area contributed by atoms with Crippen LogP contribution in [0.3, 0.4) is 0 Å². The van der Waals surface area contributed by atoms with Crippen LogP contribution in [0.1, 0.15) is 18.4 Å². The Morgan fingerprint density at radius 3 is 2.78 bits per heavy atom. The fraction of sp³-hybridized carbons (Fsp3) is 0.412. The first-order valence-electron chi connectivity index (χ1n) is 7.81. The van der Waals surface area contributed by atoms with E-state index in [1.165, 1.54) is 0 Å². The third kappa shape index (κ3) is 3.69. The zero-order valence-corrected chi connectivity index (χ0v) is 13.6. The van der Waals surface area contributed by atoms with E-state index in [1.807, 2.05) is 42.2 Å². The second kappa shape index (κ2) is 7.08. The number of aliphatic carboxylic acids is 1. The minimum Gasteiger partial charge on any atom is -0.480 e. The predicted molar refractivity (Wildman–Crippen MR) is 91.6 cm³/mol. The van der Waals surface area contributed by atoms with Crippen LogP contribution in [-0.4, -0.2) is 39.5 Å². The standard InChI is InChI=1S/C17H20N2O3S/c20-16(11-5-7-23-8-6-11)19-15(17(21)22)9-12-10-18-14-4-2-1-3-13(12)14/h1-4,10-11,15,18H,5-9H2,(H,19,20)(H,21,22). The molecule has 1 saturated heterocycles. The van der Waals surface area contributed by atoms with Gasteiger partial charge in [-0.1, -0.05) is 18.2 Å². The van der Waals surface area contributed by atoms with Gasteiger partial charge in [0.2, 0.25) is 5.91 Å². The number of rotatable bonds is 5. The fourth-order valence-corrected chi connectivity index (χ4v) is 4.08. The van der Waals surface area contributed by atoms with Crippen molar-refractivity contribution < 1.29 is 14.7 Å². The van der Waals surface area contributed by atoms with Crippen molar-refractivity contribution in [2.45, 2.75) is 25.3 Å². The number of fused-ring (bicyclic) bond motifs is 1. The smallest absolute Gasteiger partial charge is 0.326 e. The summed E-state index contributed by atoms with van der Waals surface area (Å²) in [6.45, 7) is 0. The van der Waals surface area contributed by atoms with Crippen molar-refractivity contribution in [3.8, 4) is 0 Å². The summed E-state index contributed by atoms with van der Waals surface area (Å²) in [4.78, 5) is 27.0. The number of benzene rings is 1. The summed E-state index contributed by atoms with van der Waals surface area (Å²) in [6, 6.07) is 6.87. The second-order valence-electron chi connectivity index (χ2n) is 5.85. The lowest BCUT2D eigenvalue weighted by molar-refractivity contribution is -0.142. The highest BCUT2D eigenvalue weighted by molar-refractivity contribution is 7.99. The van der Waals surface area contributed by atoms with Crippen molar-refractivity contribution >= 4 is 34.5 Å². The molecule has 3 rings (SSSR count). The first-order chi connectivity index (χ1) is 11.1. The number of carbonyl (C=O) groups excluding carboxylic acids is 1. The Labute approximate surface area is 138 Å². The molecule has 1 aromatic carbocycles. The maximum atomic E-state index is 12.3. The number of carbonyl (C=O) groups is 2. The topological polar surface area (TPSA) is 82.2 Å². The Kier molecular flexibility index (Phi) is 4.91. The first kappa shape index (κ1) is 15.9. The van der Waals surface area contributed by atoms with E-state index in [2.05, 4.69) is 10.3 Å². The van der Waals surface area contributed by atoms with Gasteiger partial charge in [-0.05, 0) is 36.0 Å². The number of H-pyrrole nitrogens is 1. The summed E-state index contributed by atoms with van der Waals surface area (Å²) in [5.74, 6) is 0.767. The molecule has 0 radical (unpaired) electrons. The molecule has 122 valence electrons. The van der Waals surface area contributed by atoms with E-state index >= 15 is 0 Å². The number of para-hydroxylation sites is 1. The van der Waals surface area contributed by atoms with Crippen LogP contribution in [-0.2, 0) is 16.0 Å². The Morgan fingerprint density at radius 1 is 1.30 bits per heavy atom. The average molecular weight is 332 g/mol. The molecule has 0 spiro atoms. The van der Waals surface area contributed by atoms with Gasteiger partial charge in [-0.2, -0.15) is 11.8 Å². The van der Waals surface area contributed by atoms with Crippen LogP contribution < -0.4 is 5.32 Å². The van der Waals surface area contributed by atoms with E-state index < -0.39 is 12.0 Å². The second-order valence-corrected chi connectivity index (χ2v) is 7.07. The number of hydrogen-bond acceptors (Lipinski definition) is 3. The molecule has 6 heteroatoms. The SMILES string of the molecule is O=C(NC(Cc1c[nH]c2ccccc12)C(=O)O)C1CCSCC1. The molecule has 0 saturated carbocycles. The molecule has 5 nitrogen and oxygen atoms in total. The molecule has 0 aliphatic carbocycles. The van der Waals surface area contributed by atoms with Crippen LogP contribution in [0.15, 0.2) is 30.5 Å². The molecular formula is C17H20N2O3S. The molecule has 3 N–H and O–H groups in total. The number of hydrogen-bond donors (Lipinski definition) is 3. The average Bonchev–Trinajstić information content (AvgIpc) is 2.98. The van der Waals surface area contributed by atoms with Gasteiger partial charge >= 0.3 is 5.97 Å². The summed E-state index contributed by atoms with van der Waals surface area (Å²) in [5.41, 5.74) is 1.88. The summed E-state index contributed by atoms with van der Waals surface area (Å²) >= 11 is 1.85. The number of thioether (sulfide) groups is 1. The van der Waals surface area contributed by atoms with Crippen LogP contribution >= 0.6 is 11.8 Å². The minimum atomic E-state index is -0.992. The summed E-state index contributed by atoms with van der Waals surface area (Å²) < 4.78 is 0. The maximum absolute atomic E-state index is 12.3.